The van der Waals surface area contributed by atoms with Crippen molar-refractivity contribution in [3.05, 3.63) is 52.9 Å². The molecule has 128 valence electrons. The van der Waals surface area contributed by atoms with E-state index in [1.807, 2.05) is 24.9 Å². The summed E-state index contributed by atoms with van der Waals surface area (Å²) in [7, 11) is 1.92. The highest BCUT2D eigenvalue weighted by molar-refractivity contribution is 5.78. The Hall–Kier alpha value is -2.14. The zero-order valence-electron chi connectivity index (χ0n) is 14.6. The van der Waals surface area contributed by atoms with Crippen LogP contribution in [0.2, 0.25) is 0 Å². The first kappa shape index (κ1) is 16.7. The summed E-state index contributed by atoms with van der Waals surface area (Å²) < 4.78 is 5.35. The molecule has 0 aliphatic heterocycles. The molecule has 1 heterocycles. The third kappa shape index (κ3) is 4.45. The number of carbonyl (C=O) groups is 1. The molecule has 0 spiro atoms. The largest absolute Gasteiger partial charge is 0.361 e. The molecule has 1 saturated carbocycles. The molecule has 0 saturated heterocycles. The Kier molecular flexibility index (Phi) is 5.00. The van der Waals surface area contributed by atoms with Gasteiger partial charge in [-0.1, -0.05) is 35.0 Å². The maximum absolute atomic E-state index is 12.2. The van der Waals surface area contributed by atoms with Crippen molar-refractivity contribution >= 4 is 5.91 Å². The molecule has 1 atom stereocenters. The van der Waals surface area contributed by atoms with Crippen LogP contribution in [0.15, 0.2) is 34.9 Å². The topological polar surface area (TPSA) is 58.4 Å². The van der Waals surface area contributed by atoms with Gasteiger partial charge in [0.15, 0.2) is 0 Å². The molecule has 1 aliphatic rings. The zero-order valence-corrected chi connectivity index (χ0v) is 14.6. The number of likely N-dealkylation sites (N-methyl/N-ethyl adjacent to an activating group) is 1. The smallest absolute Gasteiger partial charge is 0.234 e. The molecule has 0 radical (unpaired) electrons. The van der Waals surface area contributed by atoms with Crippen LogP contribution in [0, 0.1) is 6.92 Å². The Morgan fingerprint density at radius 2 is 2.08 bits per heavy atom. The lowest BCUT2D eigenvalue weighted by atomic mass is 10.1. The molecule has 1 amide bonds. The summed E-state index contributed by atoms with van der Waals surface area (Å²) in [6.45, 7) is 5.01. The van der Waals surface area contributed by atoms with Gasteiger partial charge in [-0.05, 0) is 39.3 Å². The first-order chi connectivity index (χ1) is 11.5. The summed E-state index contributed by atoms with van der Waals surface area (Å²) in [4.78, 5) is 14.2. The second kappa shape index (κ2) is 7.18. The van der Waals surface area contributed by atoms with Gasteiger partial charge in [0.1, 0.15) is 5.76 Å². The third-order valence-corrected chi connectivity index (χ3v) is 4.36. The number of benzene rings is 1. The molecule has 1 N–H and O–H groups in total. The lowest BCUT2D eigenvalue weighted by molar-refractivity contribution is -0.122. The predicted molar refractivity (Wildman–Crippen MR) is 92.5 cm³/mol. The second-order valence-corrected chi connectivity index (χ2v) is 6.87. The highest BCUT2D eigenvalue weighted by Gasteiger charge is 2.28. The Labute approximate surface area is 143 Å². The number of carbonyl (C=O) groups excluding carboxylic acids is 1. The van der Waals surface area contributed by atoms with Gasteiger partial charge < -0.3 is 9.84 Å². The van der Waals surface area contributed by atoms with Crippen LogP contribution in [0.1, 0.15) is 54.3 Å². The number of hydrogen-bond donors (Lipinski definition) is 1. The maximum Gasteiger partial charge on any atom is 0.234 e. The average Bonchev–Trinajstić information content (AvgIpc) is 3.28. The van der Waals surface area contributed by atoms with E-state index >= 15 is 0 Å². The molecule has 3 rings (SSSR count). The Morgan fingerprint density at radius 1 is 1.38 bits per heavy atom. The van der Waals surface area contributed by atoms with E-state index in [9.17, 15) is 4.79 Å². The third-order valence-electron chi connectivity index (χ3n) is 4.36. The van der Waals surface area contributed by atoms with Gasteiger partial charge in [-0.2, -0.15) is 0 Å². The quantitative estimate of drug-likeness (QED) is 0.848. The maximum atomic E-state index is 12.2. The van der Waals surface area contributed by atoms with Gasteiger partial charge in [-0.25, -0.2) is 0 Å². The van der Waals surface area contributed by atoms with Crippen molar-refractivity contribution in [3.8, 4) is 0 Å². The predicted octanol–water partition coefficient (Wildman–Crippen LogP) is 3.17. The van der Waals surface area contributed by atoms with Crippen LogP contribution < -0.4 is 5.32 Å². The van der Waals surface area contributed by atoms with Crippen molar-refractivity contribution in [2.75, 3.05) is 13.6 Å². The number of aryl methyl sites for hydroxylation is 1. The molecule has 5 nitrogen and oxygen atoms in total. The summed E-state index contributed by atoms with van der Waals surface area (Å²) >= 11 is 0. The fourth-order valence-corrected chi connectivity index (χ4v) is 2.77. The normalized spacial score (nSPS) is 15.5. The van der Waals surface area contributed by atoms with Gasteiger partial charge in [-0.3, -0.25) is 9.69 Å². The van der Waals surface area contributed by atoms with Gasteiger partial charge in [0.25, 0.3) is 0 Å². The fraction of sp³-hybridized carbons (Fsp3) is 0.474. The first-order valence-corrected chi connectivity index (χ1v) is 8.51. The first-order valence-electron chi connectivity index (χ1n) is 8.51. The molecule has 0 unspecified atom stereocenters. The second-order valence-electron chi connectivity index (χ2n) is 6.87. The molecule has 1 aromatic heterocycles. The minimum Gasteiger partial charge on any atom is -0.361 e. The van der Waals surface area contributed by atoms with Gasteiger partial charge in [0.05, 0.1) is 18.3 Å². The van der Waals surface area contributed by atoms with Crippen molar-refractivity contribution in [2.45, 2.75) is 45.2 Å². The number of amides is 1. The Morgan fingerprint density at radius 3 is 2.75 bits per heavy atom. The summed E-state index contributed by atoms with van der Waals surface area (Å²) in [5, 5.41) is 7.13. The van der Waals surface area contributed by atoms with Crippen LogP contribution in [0.3, 0.4) is 0 Å². The number of nitrogens with zero attached hydrogens (tertiary/aromatic N) is 2. The zero-order chi connectivity index (χ0) is 17.1. The van der Waals surface area contributed by atoms with Gasteiger partial charge in [0, 0.05) is 18.5 Å². The molecule has 5 heteroatoms. The number of aromatic nitrogens is 1. The van der Waals surface area contributed by atoms with Crippen LogP contribution in [0.25, 0.3) is 0 Å². The van der Waals surface area contributed by atoms with Crippen molar-refractivity contribution in [1.82, 2.24) is 15.4 Å². The molecular formula is C19H25N3O2. The van der Waals surface area contributed by atoms with Crippen molar-refractivity contribution in [3.63, 3.8) is 0 Å². The molecule has 1 aliphatic carbocycles. The lowest BCUT2D eigenvalue weighted by Gasteiger charge is -2.18. The molecule has 0 bridgehead atoms. The fourth-order valence-electron chi connectivity index (χ4n) is 2.77. The van der Waals surface area contributed by atoms with E-state index in [1.54, 1.807) is 0 Å². The van der Waals surface area contributed by atoms with Gasteiger partial charge in [0.2, 0.25) is 5.91 Å². The van der Waals surface area contributed by atoms with Crippen LogP contribution in [0.5, 0.6) is 0 Å². The summed E-state index contributed by atoms with van der Waals surface area (Å²) in [5.41, 5.74) is 3.22. The SMILES string of the molecule is Cc1ccc([C@H](C)NC(=O)CN(C)Cc2cc(C3CC3)on2)cc1. The van der Waals surface area contributed by atoms with Crippen molar-refractivity contribution in [1.29, 1.82) is 0 Å². The summed E-state index contributed by atoms with van der Waals surface area (Å²) in [6.07, 6.45) is 2.40. The van der Waals surface area contributed by atoms with E-state index < -0.39 is 0 Å². The van der Waals surface area contributed by atoms with Gasteiger partial charge >= 0.3 is 0 Å². The van der Waals surface area contributed by atoms with E-state index in [0.717, 1.165) is 17.0 Å². The Bertz CT molecular complexity index is 689. The van der Waals surface area contributed by atoms with Crippen LogP contribution in [-0.4, -0.2) is 29.6 Å². The summed E-state index contributed by atoms with van der Waals surface area (Å²) in [6, 6.07) is 10.2. The number of hydrogen-bond acceptors (Lipinski definition) is 4. The van der Waals surface area contributed by atoms with E-state index in [4.69, 9.17) is 4.52 Å². The van der Waals surface area contributed by atoms with Crippen LogP contribution in [0.4, 0.5) is 0 Å². The molecule has 24 heavy (non-hydrogen) atoms. The monoisotopic (exact) mass is 327 g/mol. The van der Waals surface area contributed by atoms with E-state index in [1.165, 1.54) is 18.4 Å². The molecular weight excluding hydrogens is 302 g/mol. The van der Waals surface area contributed by atoms with E-state index in [0.29, 0.717) is 19.0 Å². The summed E-state index contributed by atoms with van der Waals surface area (Å²) in [5.74, 6) is 1.56. The minimum atomic E-state index is 0.0000181. The Balaban J connectivity index is 1.47. The highest BCUT2D eigenvalue weighted by Crippen LogP contribution is 2.40. The molecule has 2 aromatic rings. The van der Waals surface area contributed by atoms with E-state index in [-0.39, 0.29) is 11.9 Å². The van der Waals surface area contributed by atoms with Crippen LogP contribution >= 0.6 is 0 Å². The van der Waals surface area contributed by atoms with Gasteiger partial charge in [-0.15, -0.1) is 0 Å². The van der Waals surface area contributed by atoms with Crippen molar-refractivity contribution in [2.24, 2.45) is 0 Å². The van der Waals surface area contributed by atoms with Crippen LogP contribution in [-0.2, 0) is 11.3 Å². The lowest BCUT2D eigenvalue weighted by Crippen LogP contribution is -2.36. The average molecular weight is 327 g/mol. The minimum absolute atomic E-state index is 0.0000181. The van der Waals surface area contributed by atoms with Crippen molar-refractivity contribution < 1.29 is 9.32 Å². The highest BCUT2D eigenvalue weighted by atomic mass is 16.5. The standard InChI is InChI=1S/C19H25N3O2/c1-13-4-6-15(7-5-13)14(2)20-19(23)12-22(3)11-17-10-18(24-21-17)16-8-9-16/h4-7,10,14,16H,8-9,11-12H2,1-3H3,(H,20,23)/t14-/m0/s1. The number of rotatable bonds is 7. The molecule has 1 fully saturated rings. The van der Waals surface area contributed by atoms with E-state index in [2.05, 4.69) is 41.7 Å². The molecule has 1 aromatic carbocycles. The number of nitrogens with one attached hydrogen (secondary N) is 1.